The molecule has 2 aromatic carbocycles. The number of anilines is 1. The van der Waals surface area contributed by atoms with Gasteiger partial charge in [-0.1, -0.05) is 46.4 Å². The van der Waals surface area contributed by atoms with Crippen LogP contribution in [0.4, 0.5) is 5.69 Å². The van der Waals surface area contributed by atoms with E-state index < -0.39 is 10.0 Å². The van der Waals surface area contributed by atoms with Gasteiger partial charge in [0.15, 0.2) is 0 Å². The van der Waals surface area contributed by atoms with Gasteiger partial charge in [-0.05, 0) is 36.4 Å². The van der Waals surface area contributed by atoms with Crippen molar-refractivity contribution in [3.63, 3.8) is 0 Å². The standard InChI is InChI=1S/C13H9Cl4NO2S/c1-18(9-3-5-10(15)12(17)7-9)21(19,20)13-6-8(14)2-4-11(13)16/h2-7H,1H3. The minimum atomic E-state index is -3.86. The monoisotopic (exact) mass is 383 g/mol. The zero-order valence-electron chi connectivity index (χ0n) is 10.6. The molecule has 0 heterocycles. The van der Waals surface area contributed by atoms with Gasteiger partial charge in [-0.2, -0.15) is 0 Å². The molecule has 21 heavy (non-hydrogen) atoms. The molecule has 112 valence electrons. The molecule has 0 aliphatic rings. The molecule has 0 saturated heterocycles. The molecular formula is C13H9Cl4NO2S. The number of nitrogens with zero attached hydrogens (tertiary/aromatic N) is 1. The first-order valence-electron chi connectivity index (χ1n) is 5.62. The van der Waals surface area contributed by atoms with E-state index in [-0.39, 0.29) is 20.0 Å². The Morgan fingerprint density at radius 1 is 0.857 bits per heavy atom. The van der Waals surface area contributed by atoms with Crippen molar-refractivity contribution in [2.24, 2.45) is 0 Å². The Morgan fingerprint density at radius 3 is 2.10 bits per heavy atom. The second-order valence-corrected chi connectivity index (χ2v) is 7.74. The van der Waals surface area contributed by atoms with Crippen LogP contribution in [0.5, 0.6) is 0 Å². The molecular weight excluding hydrogens is 376 g/mol. The van der Waals surface area contributed by atoms with Crippen LogP contribution in [-0.4, -0.2) is 15.5 Å². The van der Waals surface area contributed by atoms with Crippen LogP contribution in [-0.2, 0) is 10.0 Å². The summed E-state index contributed by atoms with van der Waals surface area (Å²) in [6, 6.07) is 8.77. The molecule has 0 unspecified atom stereocenters. The molecule has 0 saturated carbocycles. The summed E-state index contributed by atoms with van der Waals surface area (Å²) < 4.78 is 26.3. The quantitative estimate of drug-likeness (QED) is 0.735. The zero-order chi connectivity index (χ0) is 15.8. The molecule has 2 rings (SSSR count). The van der Waals surface area contributed by atoms with Gasteiger partial charge in [0.1, 0.15) is 4.90 Å². The molecule has 0 aliphatic heterocycles. The molecule has 0 amide bonds. The third-order valence-corrected chi connectivity index (χ3v) is 6.04. The molecule has 0 atom stereocenters. The normalized spacial score (nSPS) is 11.5. The fourth-order valence-electron chi connectivity index (χ4n) is 1.64. The predicted molar refractivity (Wildman–Crippen MR) is 88.5 cm³/mol. The summed E-state index contributed by atoms with van der Waals surface area (Å²) in [5.41, 5.74) is 0.362. The molecule has 3 nitrogen and oxygen atoms in total. The van der Waals surface area contributed by atoms with Crippen LogP contribution < -0.4 is 4.31 Å². The number of sulfonamides is 1. The van der Waals surface area contributed by atoms with E-state index in [1.165, 1.54) is 37.4 Å². The summed E-state index contributed by atoms with van der Waals surface area (Å²) in [6.07, 6.45) is 0. The Hall–Kier alpha value is -0.650. The predicted octanol–water partition coefficient (Wildman–Crippen LogP) is 5.13. The van der Waals surface area contributed by atoms with Crippen molar-refractivity contribution in [1.29, 1.82) is 0 Å². The maximum Gasteiger partial charge on any atom is 0.265 e. The van der Waals surface area contributed by atoms with Gasteiger partial charge in [-0.25, -0.2) is 8.42 Å². The van der Waals surface area contributed by atoms with Crippen LogP contribution in [0.2, 0.25) is 20.1 Å². The minimum Gasteiger partial charge on any atom is -0.269 e. The first kappa shape index (κ1) is 16.7. The lowest BCUT2D eigenvalue weighted by Crippen LogP contribution is -2.26. The lowest BCUT2D eigenvalue weighted by atomic mass is 10.3. The largest absolute Gasteiger partial charge is 0.269 e. The van der Waals surface area contributed by atoms with Crippen molar-refractivity contribution in [2.75, 3.05) is 11.4 Å². The van der Waals surface area contributed by atoms with Crippen LogP contribution in [0, 0.1) is 0 Å². The van der Waals surface area contributed by atoms with E-state index in [1.807, 2.05) is 0 Å². The van der Waals surface area contributed by atoms with E-state index in [1.54, 1.807) is 6.07 Å². The number of benzene rings is 2. The summed E-state index contributed by atoms with van der Waals surface area (Å²) in [5, 5.41) is 0.965. The van der Waals surface area contributed by atoms with Crippen LogP contribution in [0.15, 0.2) is 41.3 Å². The van der Waals surface area contributed by atoms with E-state index in [9.17, 15) is 8.42 Å². The fraction of sp³-hybridized carbons (Fsp3) is 0.0769. The van der Waals surface area contributed by atoms with Gasteiger partial charge in [0.2, 0.25) is 0 Å². The second kappa shape index (κ2) is 6.23. The van der Waals surface area contributed by atoms with Crippen molar-refractivity contribution < 1.29 is 8.42 Å². The van der Waals surface area contributed by atoms with Gasteiger partial charge < -0.3 is 0 Å². The number of rotatable bonds is 3. The zero-order valence-corrected chi connectivity index (χ0v) is 14.5. The third-order valence-electron chi connectivity index (χ3n) is 2.80. The first-order valence-corrected chi connectivity index (χ1v) is 8.57. The Labute approximate surface area is 143 Å². The van der Waals surface area contributed by atoms with Gasteiger partial charge in [0, 0.05) is 12.1 Å². The Kier molecular flexibility index (Phi) is 4.96. The molecule has 8 heteroatoms. The van der Waals surface area contributed by atoms with Gasteiger partial charge >= 0.3 is 0 Å². The molecule has 0 spiro atoms. The molecule has 0 radical (unpaired) electrons. The SMILES string of the molecule is CN(c1ccc(Cl)c(Cl)c1)S(=O)(=O)c1cc(Cl)ccc1Cl. The number of hydrogen-bond donors (Lipinski definition) is 0. The summed E-state index contributed by atoms with van der Waals surface area (Å²) in [7, 11) is -2.46. The third kappa shape index (κ3) is 3.41. The molecule has 0 N–H and O–H groups in total. The van der Waals surface area contributed by atoms with Crippen molar-refractivity contribution in [3.8, 4) is 0 Å². The highest BCUT2D eigenvalue weighted by Crippen LogP contribution is 2.32. The van der Waals surface area contributed by atoms with E-state index >= 15 is 0 Å². The summed E-state index contributed by atoms with van der Waals surface area (Å²) >= 11 is 23.5. The van der Waals surface area contributed by atoms with Crippen LogP contribution in [0.3, 0.4) is 0 Å². The Morgan fingerprint density at radius 2 is 1.48 bits per heavy atom. The molecule has 0 fully saturated rings. The van der Waals surface area contributed by atoms with Crippen molar-refractivity contribution in [3.05, 3.63) is 56.5 Å². The summed E-state index contributed by atoms with van der Waals surface area (Å²) in [6.45, 7) is 0. The van der Waals surface area contributed by atoms with E-state index in [4.69, 9.17) is 46.4 Å². The number of halogens is 4. The Balaban J connectivity index is 2.52. The van der Waals surface area contributed by atoms with Gasteiger partial charge in [-0.15, -0.1) is 0 Å². The lowest BCUT2D eigenvalue weighted by molar-refractivity contribution is 0.594. The topological polar surface area (TPSA) is 37.4 Å². The average molecular weight is 385 g/mol. The number of hydrogen-bond acceptors (Lipinski definition) is 2. The second-order valence-electron chi connectivity index (χ2n) is 4.15. The van der Waals surface area contributed by atoms with E-state index in [2.05, 4.69) is 0 Å². The van der Waals surface area contributed by atoms with Gasteiger partial charge in [0.05, 0.1) is 20.8 Å². The first-order chi connectivity index (χ1) is 9.73. The van der Waals surface area contributed by atoms with Crippen LogP contribution >= 0.6 is 46.4 Å². The maximum atomic E-state index is 12.6. The molecule has 0 bridgehead atoms. The van der Waals surface area contributed by atoms with Gasteiger partial charge in [0.25, 0.3) is 10.0 Å². The fourth-order valence-corrected chi connectivity index (χ4v) is 3.86. The summed E-state index contributed by atoms with van der Waals surface area (Å²) in [5.74, 6) is 0. The van der Waals surface area contributed by atoms with Crippen molar-refractivity contribution >= 4 is 62.1 Å². The molecule has 0 aromatic heterocycles. The van der Waals surface area contributed by atoms with Crippen molar-refractivity contribution in [1.82, 2.24) is 0 Å². The smallest absolute Gasteiger partial charge is 0.265 e. The highest BCUT2D eigenvalue weighted by molar-refractivity contribution is 7.93. The maximum absolute atomic E-state index is 12.6. The van der Waals surface area contributed by atoms with E-state index in [0.29, 0.717) is 10.7 Å². The van der Waals surface area contributed by atoms with Gasteiger partial charge in [-0.3, -0.25) is 4.31 Å². The average Bonchev–Trinajstić information content (AvgIpc) is 2.43. The summed E-state index contributed by atoms with van der Waals surface area (Å²) in [4.78, 5) is -0.0785. The lowest BCUT2D eigenvalue weighted by Gasteiger charge is -2.20. The van der Waals surface area contributed by atoms with Crippen molar-refractivity contribution in [2.45, 2.75) is 4.90 Å². The Bertz CT molecular complexity index is 793. The molecule has 2 aromatic rings. The highest BCUT2D eigenvalue weighted by Gasteiger charge is 2.24. The minimum absolute atomic E-state index is 0.0785. The highest BCUT2D eigenvalue weighted by atomic mass is 35.5. The van der Waals surface area contributed by atoms with Crippen LogP contribution in [0.25, 0.3) is 0 Å². The van der Waals surface area contributed by atoms with E-state index in [0.717, 1.165) is 4.31 Å². The van der Waals surface area contributed by atoms with Crippen LogP contribution in [0.1, 0.15) is 0 Å². The molecule has 0 aliphatic carbocycles.